The highest BCUT2D eigenvalue weighted by Gasteiger charge is 2.31. The summed E-state index contributed by atoms with van der Waals surface area (Å²) in [5.41, 5.74) is 1.29. The molecule has 0 radical (unpaired) electrons. The summed E-state index contributed by atoms with van der Waals surface area (Å²) in [7, 11) is 1.87. The number of amides is 1. The maximum absolute atomic E-state index is 12.7. The minimum atomic E-state index is -0.132. The predicted octanol–water partition coefficient (Wildman–Crippen LogP) is 2.64. The number of carbonyl (C=O) groups is 1. The molecule has 5 nitrogen and oxygen atoms in total. The summed E-state index contributed by atoms with van der Waals surface area (Å²) in [6.45, 7) is 5.00. The molecule has 2 aromatic heterocycles. The second-order valence-corrected chi connectivity index (χ2v) is 6.84. The molecule has 0 saturated carbocycles. The summed E-state index contributed by atoms with van der Waals surface area (Å²) in [6, 6.07) is 4.08. The Balaban J connectivity index is 1.71. The number of carbonyl (C=O) groups excluding carboxylic acids is 1. The molecule has 1 amide bonds. The Morgan fingerprint density at radius 3 is 2.91 bits per heavy atom. The fourth-order valence-corrected chi connectivity index (χ4v) is 3.95. The highest BCUT2D eigenvalue weighted by molar-refractivity contribution is 7.10. The fourth-order valence-electron chi connectivity index (χ4n) is 3.01. The quantitative estimate of drug-likeness (QED) is 0.943. The molecular formula is C16H22N4OS. The Morgan fingerprint density at radius 1 is 1.45 bits per heavy atom. The minimum absolute atomic E-state index is 0.131. The summed E-state index contributed by atoms with van der Waals surface area (Å²) in [4.78, 5) is 15.9. The standard InChI is InChI=1S/C16H22N4OS/c1-11-7-10-22-15(11)12(2)17-13-5-4-8-20(16(13)21)14-6-9-19(3)18-14/h6-7,9-10,12-13,17H,4-5,8H2,1-3H3/t12-,13+/m1/s1. The first-order valence-corrected chi connectivity index (χ1v) is 8.55. The molecule has 1 fully saturated rings. The van der Waals surface area contributed by atoms with Gasteiger partial charge in [0.25, 0.3) is 0 Å². The van der Waals surface area contributed by atoms with Crippen LogP contribution in [0.1, 0.15) is 36.2 Å². The zero-order valence-corrected chi connectivity index (χ0v) is 14.1. The van der Waals surface area contributed by atoms with E-state index in [1.54, 1.807) is 20.9 Å². The smallest absolute Gasteiger partial charge is 0.245 e. The molecule has 0 spiro atoms. The van der Waals surface area contributed by atoms with Crippen molar-refractivity contribution in [1.29, 1.82) is 0 Å². The number of thiophene rings is 1. The lowest BCUT2D eigenvalue weighted by Gasteiger charge is -2.32. The van der Waals surface area contributed by atoms with Gasteiger partial charge in [0, 0.05) is 36.8 Å². The van der Waals surface area contributed by atoms with Crippen LogP contribution in [0.3, 0.4) is 0 Å². The molecule has 6 heteroatoms. The van der Waals surface area contributed by atoms with Gasteiger partial charge in [0.2, 0.25) is 5.91 Å². The Kier molecular flexibility index (Phi) is 4.31. The maximum atomic E-state index is 12.7. The van der Waals surface area contributed by atoms with E-state index in [2.05, 4.69) is 35.7 Å². The van der Waals surface area contributed by atoms with Crippen molar-refractivity contribution in [2.45, 2.75) is 38.8 Å². The monoisotopic (exact) mass is 318 g/mol. The fraction of sp³-hybridized carbons (Fsp3) is 0.500. The van der Waals surface area contributed by atoms with E-state index in [0.717, 1.165) is 25.2 Å². The lowest BCUT2D eigenvalue weighted by molar-refractivity contribution is -0.122. The number of piperidine rings is 1. The topological polar surface area (TPSA) is 50.2 Å². The lowest BCUT2D eigenvalue weighted by atomic mass is 10.0. The van der Waals surface area contributed by atoms with E-state index in [0.29, 0.717) is 0 Å². The van der Waals surface area contributed by atoms with Gasteiger partial charge in [-0.1, -0.05) is 0 Å². The third-order valence-corrected chi connectivity index (χ3v) is 5.36. The van der Waals surface area contributed by atoms with Crippen LogP contribution in [0.2, 0.25) is 0 Å². The van der Waals surface area contributed by atoms with Gasteiger partial charge in [0.1, 0.15) is 0 Å². The van der Waals surface area contributed by atoms with Crippen molar-refractivity contribution < 1.29 is 4.79 Å². The van der Waals surface area contributed by atoms with E-state index in [9.17, 15) is 4.79 Å². The van der Waals surface area contributed by atoms with Gasteiger partial charge in [-0.15, -0.1) is 11.3 Å². The van der Waals surface area contributed by atoms with Crippen LogP contribution in [-0.2, 0) is 11.8 Å². The highest BCUT2D eigenvalue weighted by Crippen LogP contribution is 2.26. The molecule has 2 aromatic rings. The number of nitrogens with one attached hydrogen (secondary N) is 1. The molecule has 118 valence electrons. The van der Waals surface area contributed by atoms with Crippen LogP contribution < -0.4 is 10.2 Å². The Hall–Kier alpha value is -1.66. The maximum Gasteiger partial charge on any atom is 0.245 e. The highest BCUT2D eigenvalue weighted by atomic mass is 32.1. The van der Waals surface area contributed by atoms with E-state index in [4.69, 9.17) is 0 Å². The van der Waals surface area contributed by atoms with Crippen molar-refractivity contribution in [2.24, 2.45) is 7.05 Å². The zero-order valence-electron chi connectivity index (χ0n) is 13.2. The summed E-state index contributed by atoms with van der Waals surface area (Å²) < 4.78 is 1.73. The van der Waals surface area contributed by atoms with Crippen molar-refractivity contribution in [1.82, 2.24) is 15.1 Å². The lowest BCUT2D eigenvalue weighted by Crippen LogP contribution is -2.51. The molecule has 0 unspecified atom stereocenters. The number of anilines is 1. The van der Waals surface area contributed by atoms with E-state index in [1.807, 2.05) is 19.3 Å². The summed E-state index contributed by atoms with van der Waals surface area (Å²) in [6.07, 6.45) is 3.75. The summed E-state index contributed by atoms with van der Waals surface area (Å²) in [5, 5.41) is 9.96. The van der Waals surface area contributed by atoms with Crippen LogP contribution in [0.15, 0.2) is 23.7 Å². The molecule has 1 aliphatic heterocycles. The van der Waals surface area contributed by atoms with Gasteiger partial charge < -0.3 is 0 Å². The van der Waals surface area contributed by atoms with Gasteiger partial charge in [0.05, 0.1) is 6.04 Å². The van der Waals surface area contributed by atoms with E-state index >= 15 is 0 Å². The molecule has 2 atom stereocenters. The van der Waals surface area contributed by atoms with Crippen LogP contribution in [0.4, 0.5) is 5.82 Å². The van der Waals surface area contributed by atoms with E-state index in [1.165, 1.54) is 10.4 Å². The van der Waals surface area contributed by atoms with Gasteiger partial charge >= 0.3 is 0 Å². The molecule has 22 heavy (non-hydrogen) atoms. The molecule has 0 aromatic carbocycles. The van der Waals surface area contributed by atoms with Crippen molar-refractivity contribution in [2.75, 3.05) is 11.4 Å². The number of hydrogen-bond acceptors (Lipinski definition) is 4. The molecule has 3 rings (SSSR count). The molecule has 1 N–H and O–H groups in total. The number of aryl methyl sites for hydroxylation is 2. The van der Waals surface area contributed by atoms with Crippen molar-refractivity contribution in [3.05, 3.63) is 34.2 Å². The average Bonchev–Trinajstić information content (AvgIpc) is 3.10. The number of nitrogens with zero attached hydrogens (tertiary/aromatic N) is 3. The van der Waals surface area contributed by atoms with Gasteiger partial charge in [-0.2, -0.15) is 5.10 Å². The van der Waals surface area contributed by atoms with E-state index in [-0.39, 0.29) is 18.0 Å². The van der Waals surface area contributed by atoms with Crippen LogP contribution in [0.5, 0.6) is 0 Å². The Bertz CT molecular complexity index is 663. The predicted molar refractivity (Wildman–Crippen MR) is 89.2 cm³/mol. The van der Waals surface area contributed by atoms with E-state index < -0.39 is 0 Å². The van der Waals surface area contributed by atoms with Crippen molar-refractivity contribution >= 4 is 23.1 Å². The van der Waals surface area contributed by atoms with Crippen LogP contribution >= 0.6 is 11.3 Å². The third kappa shape index (κ3) is 2.94. The molecule has 1 saturated heterocycles. The second kappa shape index (κ2) is 6.22. The molecule has 0 bridgehead atoms. The Morgan fingerprint density at radius 2 is 2.27 bits per heavy atom. The second-order valence-electron chi connectivity index (χ2n) is 5.89. The first-order chi connectivity index (χ1) is 10.6. The number of hydrogen-bond donors (Lipinski definition) is 1. The molecular weight excluding hydrogens is 296 g/mol. The van der Waals surface area contributed by atoms with Gasteiger partial charge in [0.15, 0.2) is 5.82 Å². The van der Waals surface area contributed by atoms with Crippen LogP contribution in [-0.4, -0.2) is 28.3 Å². The largest absolute Gasteiger partial charge is 0.298 e. The number of aromatic nitrogens is 2. The normalized spacial score (nSPS) is 20.4. The molecule has 1 aliphatic rings. The van der Waals surface area contributed by atoms with Crippen LogP contribution in [0.25, 0.3) is 0 Å². The average molecular weight is 318 g/mol. The first kappa shape index (κ1) is 15.2. The minimum Gasteiger partial charge on any atom is -0.298 e. The van der Waals surface area contributed by atoms with Gasteiger partial charge in [-0.3, -0.25) is 19.7 Å². The number of rotatable bonds is 4. The molecule has 3 heterocycles. The third-order valence-electron chi connectivity index (χ3n) is 4.16. The van der Waals surface area contributed by atoms with Crippen molar-refractivity contribution in [3.63, 3.8) is 0 Å². The van der Waals surface area contributed by atoms with Crippen LogP contribution in [0, 0.1) is 6.92 Å². The molecule has 0 aliphatic carbocycles. The van der Waals surface area contributed by atoms with Crippen molar-refractivity contribution in [3.8, 4) is 0 Å². The SMILES string of the molecule is Cc1ccsc1[C@@H](C)N[C@H]1CCCN(c2ccn(C)n2)C1=O. The summed E-state index contributed by atoms with van der Waals surface area (Å²) >= 11 is 1.74. The van der Waals surface area contributed by atoms with Gasteiger partial charge in [-0.05, 0) is 43.7 Å². The summed E-state index contributed by atoms with van der Waals surface area (Å²) in [5.74, 6) is 0.880. The Labute approximate surface area is 134 Å². The zero-order chi connectivity index (χ0) is 15.7. The first-order valence-electron chi connectivity index (χ1n) is 7.67. The van der Waals surface area contributed by atoms with Gasteiger partial charge in [-0.25, -0.2) is 0 Å².